The zero-order chi connectivity index (χ0) is 25.5. The van der Waals surface area contributed by atoms with Crippen LogP contribution in [0.4, 0.5) is 0 Å². The van der Waals surface area contributed by atoms with Gasteiger partial charge in [-0.15, -0.1) is 0 Å². The average Bonchev–Trinajstić information content (AvgIpc) is 2.90. The Hall–Kier alpha value is -2.75. The van der Waals surface area contributed by atoms with E-state index >= 15 is 0 Å². The molecule has 0 aromatic heterocycles. The monoisotopic (exact) mass is 540 g/mol. The third-order valence-electron chi connectivity index (χ3n) is 7.32. The van der Waals surface area contributed by atoms with E-state index in [0.29, 0.717) is 0 Å². The number of halogens is 1. The maximum Gasteiger partial charge on any atom is 0.0213 e. The number of fused-ring (bicyclic) bond motifs is 1. The van der Waals surface area contributed by atoms with Gasteiger partial charge in [-0.1, -0.05) is 108 Å². The highest BCUT2D eigenvalue weighted by atomic mass is 79.9. The van der Waals surface area contributed by atoms with Crippen molar-refractivity contribution in [1.29, 1.82) is 5.41 Å². The molecule has 36 heavy (non-hydrogen) atoms. The van der Waals surface area contributed by atoms with Crippen molar-refractivity contribution in [3.05, 3.63) is 123 Å². The molecule has 3 heteroatoms. The normalized spacial score (nSPS) is 16.1. The fourth-order valence-corrected chi connectivity index (χ4v) is 6.19. The number of rotatable bonds is 10. The Kier molecular flexibility index (Phi) is 9.12. The first-order valence-electron chi connectivity index (χ1n) is 12.9. The molecule has 2 unspecified atom stereocenters. The second-order valence-corrected chi connectivity index (χ2v) is 10.9. The molecule has 4 rings (SSSR count). The molecule has 0 bridgehead atoms. The SMILES string of the molecule is C[C@@H](/C=C(\C=N)C(c1ccccc1)C(CCN(C)C)C1=CCCc2ccccc21)c1ccccc1Br. The third kappa shape index (κ3) is 6.14. The Labute approximate surface area is 225 Å². The summed E-state index contributed by atoms with van der Waals surface area (Å²) in [5.74, 6) is 0.562. The first-order valence-corrected chi connectivity index (χ1v) is 13.7. The zero-order valence-electron chi connectivity index (χ0n) is 21.6. The highest BCUT2D eigenvalue weighted by Crippen LogP contribution is 2.45. The summed E-state index contributed by atoms with van der Waals surface area (Å²) in [5.41, 5.74) is 7.87. The molecule has 0 aliphatic heterocycles. The summed E-state index contributed by atoms with van der Waals surface area (Å²) in [7, 11) is 4.31. The van der Waals surface area contributed by atoms with Crippen LogP contribution >= 0.6 is 15.9 Å². The van der Waals surface area contributed by atoms with Gasteiger partial charge in [0, 0.05) is 22.5 Å². The van der Waals surface area contributed by atoms with Crippen LogP contribution in [0.2, 0.25) is 0 Å². The molecule has 1 aliphatic carbocycles. The molecule has 2 nitrogen and oxygen atoms in total. The highest BCUT2D eigenvalue weighted by molar-refractivity contribution is 9.10. The molecular weight excluding hydrogens is 504 g/mol. The summed E-state index contributed by atoms with van der Waals surface area (Å²) >= 11 is 3.74. The average molecular weight is 542 g/mol. The number of nitrogens with one attached hydrogen (secondary N) is 1. The lowest BCUT2D eigenvalue weighted by molar-refractivity contribution is 0.365. The molecule has 0 radical (unpaired) electrons. The van der Waals surface area contributed by atoms with Crippen molar-refractivity contribution in [3.63, 3.8) is 0 Å². The molecule has 0 saturated carbocycles. The van der Waals surface area contributed by atoms with Gasteiger partial charge in [-0.05, 0) is 85.3 Å². The van der Waals surface area contributed by atoms with Crippen LogP contribution in [0.25, 0.3) is 5.57 Å². The Balaban J connectivity index is 1.85. The summed E-state index contributed by atoms with van der Waals surface area (Å²) in [4.78, 5) is 2.28. The Morgan fingerprint density at radius 1 is 0.972 bits per heavy atom. The van der Waals surface area contributed by atoms with E-state index in [9.17, 15) is 0 Å². The van der Waals surface area contributed by atoms with Gasteiger partial charge in [-0.25, -0.2) is 0 Å². The quantitative estimate of drug-likeness (QED) is 0.256. The van der Waals surface area contributed by atoms with Gasteiger partial charge < -0.3 is 10.3 Å². The highest BCUT2D eigenvalue weighted by Gasteiger charge is 2.31. The van der Waals surface area contributed by atoms with Gasteiger partial charge in [0.25, 0.3) is 0 Å². The van der Waals surface area contributed by atoms with Crippen molar-refractivity contribution < 1.29 is 0 Å². The van der Waals surface area contributed by atoms with E-state index in [1.54, 1.807) is 6.21 Å². The van der Waals surface area contributed by atoms with Crippen LogP contribution in [0, 0.1) is 11.3 Å². The summed E-state index contributed by atoms with van der Waals surface area (Å²) in [6, 6.07) is 28.2. The molecule has 3 aromatic rings. The Bertz CT molecular complexity index is 1230. The maximum atomic E-state index is 8.58. The van der Waals surface area contributed by atoms with E-state index in [4.69, 9.17) is 5.41 Å². The number of nitrogens with zero attached hydrogens (tertiary/aromatic N) is 1. The summed E-state index contributed by atoms with van der Waals surface area (Å²) in [6.45, 7) is 3.23. The van der Waals surface area contributed by atoms with Crippen molar-refractivity contribution >= 4 is 27.7 Å². The zero-order valence-corrected chi connectivity index (χ0v) is 23.2. The van der Waals surface area contributed by atoms with Crippen LogP contribution in [0.15, 0.2) is 101 Å². The Morgan fingerprint density at radius 2 is 1.67 bits per heavy atom. The van der Waals surface area contributed by atoms with E-state index in [1.807, 2.05) is 0 Å². The Morgan fingerprint density at radius 3 is 2.39 bits per heavy atom. The molecule has 0 fully saturated rings. The molecule has 0 heterocycles. The van der Waals surface area contributed by atoms with Gasteiger partial charge in [0.15, 0.2) is 0 Å². The van der Waals surface area contributed by atoms with Crippen LogP contribution in [0.1, 0.15) is 53.9 Å². The maximum absolute atomic E-state index is 8.58. The van der Waals surface area contributed by atoms with Crippen LogP contribution in [-0.2, 0) is 6.42 Å². The molecular formula is C33H37BrN2. The first-order chi connectivity index (χ1) is 17.5. The lowest BCUT2D eigenvalue weighted by atomic mass is 9.70. The molecule has 3 aromatic carbocycles. The fourth-order valence-electron chi connectivity index (χ4n) is 5.55. The van der Waals surface area contributed by atoms with Crippen molar-refractivity contribution in [2.45, 2.75) is 38.0 Å². The smallest absolute Gasteiger partial charge is 0.0213 e. The van der Waals surface area contributed by atoms with Gasteiger partial charge in [0.2, 0.25) is 0 Å². The van der Waals surface area contributed by atoms with Gasteiger partial charge in [0.1, 0.15) is 0 Å². The largest absolute Gasteiger partial charge is 0.309 e. The molecule has 0 amide bonds. The van der Waals surface area contributed by atoms with Crippen molar-refractivity contribution in [1.82, 2.24) is 4.90 Å². The topological polar surface area (TPSA) is 27.1 Å². The van der Waals surface area contributed by atoms with Gasteiger partial charge >= 0.3 is 0 Å². The van der Waals surface area contributed by atoms with E-state index in [2.05, 4.69) is 133 Å². The van der Waals surface area contributed by atoms with E-state index in [1.165, 1.54) is 27.8 Å². The molecule has 1 aliphatic rings. The minimum atomic E-state index is 0.103. The first kappa shape index (κ1) is 26.3. The van der Waals surface area contributed by atoms with Crippen molar-refractivity contribution in [2.75, 3.05) is 20.6 Å². The molecule has 3 atom stereocenters. The molecule has 1 N–H and O–H groups in total. The van der Waals surface area contributed by atoms with Crippen LogP contribution < -0.4 is 0 Å². The van der Waals surface area contributed by atoms with Gasteiger partial charge in [-0.3, -0.25) is 0 Å². The standard InChI is InChI=1S/C33H37BrN2/c1-24(28-16-9-10-19-32(28)34)22-27(23-35)33(26-13-5-4-6-14-26)31(20-21-36(2)3)30-18-11-15-25-12-7-8-17-29(25)30/h4-10,12-14,16-19,22-24,31,33,35H,11,15,20-21H2,1-3H3/b27-22+,35-23?/t24-,31?,33?/m0/s1. The van der Waals surface area contributed by atoms with E-state index < -0.39 is 0 Å². The summed E-state index contributed by atoms with van der Waals surface area (Å²) < 4.78 is 1.11. The lowest BCUT2D eigenvalue weighted by Gasteiger charge is -2.34. The van der Waals surface area contributed by atoms with E-state index in [0.717, 1.165) is 35.9 Å². The lowest BCUT2D eigenvalue weighted by Crippen LogP contribution is -2.25. The number of aryl methyl sites for hydroxylation is 1. The minimum Gasteiger partial charge on any atom is -0.309 e. The van der Waals surface area contributed by atoms with Crippen molar-refractivity contribution in [3.8, 4) is 0 Å². The number of hydrogen-bond donors (Lipinski definition) is 1. The second-order valence-electron chi connectivity index (χ2n) is 10.1. The van der Waals surface area contributed by atoms with E-state index in [-0.39, 0.29) is 17.8 Å². The second kappa shape index (κ2) is 12.5. The predicted octanol–water partition coefficient (Wildman–Crippen LogP) is 8.51. The molecule has 0 spiro atoms. The summed E-state index contributed by atoms with van der Waals surface area (Å²) in [5, 5.41) is 8.58. The minimum absolute atomic E-state index is 0.103. The van der Waals surface area contributed by atoms with Gasteiger partial charge in [-0.2, -0.15) is 0 Å². The molecule has 186 valence electrons. The van der Waals surface area contributed by atoms with Crippen LogP contribution in [-0.4, -0.2) is 31.8 Å². The number of allylic oxidation sites excluding steroid dienone is 4. The van der Waals surface area contributed by atoms with Crippen LogP contribution in [0.3, 0.4) is 0 Å². The predicted molar refractivity (Wildman–Crippen MR) is 158 cm³/mol. The van der Waals surface area contributed by atoms with Crippen LogP contribution in [0.5, 0.6) is 0 Å². The molecule has 0 saturated heterocycles. The fraction of sp³-hybridized carbons (Fsp3) is 0.303. The van der Waals surface area contributed by atoms with Crippen molar-refractivity contribution in [2.24, 2.45) is 5.92 Å². The number of hydrogen-bond acceptors (Lipinski definition) is 2. The third-order valence-corrected chi connectivity index (χ3v) is 8.04. The summed E-state index contributed by atoms with van der Waals surface area (Å²) in [6.07, 6.45) is 9.58. The van der Waals surface area contributed by atoms with Gasteiger partial charge in [0.05, 0.1) is 0 Å². The number of benzene rings is 3.